The fourth-order valence-electron chi connectivity index (χ4n) is 4.32. The zero-order valence-electron chi connectivity index (χ0n) is 20.8. The lowest BCUT2D eigenvalue weighted by Gasteiger charge is -2.29. The minimum atomic E-state index is -0.642. The van der Waals surface area contributed by atoms with Crippen molar-refractivity contribution in [3.8, 4) is 0 Å². The number of hydrogen-bond donors (Lipinski definition) is 5. The van der Waals surface area contributed by atoms with Gasteiger partial charge < -0.3 is 21.7 Å². The second kappa shape index (κ2) is 16.2. The lowest BCUT2D eigenvalue weighted by Crippen LogP contribution is -2.53. The minimum absolute atomic E-state index is 0. The van der Waals surface area contributed by atoms with Crippen molar-refractivity contribution in [2.45, 2.75) is 76.5 Å². The van der Waals surface area contributed by atoms with Gasteiger partial charge in [0, 0.05) is 18.2 Å². The minimum Gasteiger partial charge on any atom is -0.384 e. The molecule has 198 valence electrons. The number of amidine groups is 1. The largest absolute Gasteiger partial charge is 0.384 e. The van der Waals surface area contributed by atoms with Crippen LogP contribution in [0.5, 0.6) is 0 Å². The molecule has 36 heavy (non-hydrogen) atoms. The SMILES string of the molecule is C[C@H](NC(=O)[C@@H](CCc1ccccc1)NC1CCCCC1)C(=O)NCc1ccc(C(=N)N)cc1.Cl.Cl. The van der Waals surface area contributed by atoms with Gasteiger partial charge in [0.15, 0.2) is 0 Å². The van der Waals surface area contributed by atoms with Crippen LogP contribution in [-0.2, 0) is 22.6 Å². The summed E-state index contributed by atoms with van der Waals surface area (Å²) in [6, 6.07) is 16.7. The molecule has 2 aromatic rings. The van der Waals surface area contributed by atoms with E-state index in [0.717, 1.165) is 24.8 Å². The number of halogens is 2. The Balaban J connectivity index is 0.00000324. The Morgan fingerprint density at radius 1 is 0.944 bits per heavy atom. The van der Waals surface area contributed by atoms with E-state index in [9.17, 15) is 9.59 Å². The highest BCUT2D eigenvalue weighted by atomic mass is 35.5. The summed E-state index contributed by atoms with van der Waals surface area (Å²) in [6.07, 6.45) is 7.31. The molecule has 0 aromatic heterocycles. The van der Waals surface area contributed by atoms with Gasteiger partial charge in [-0.1, -0.05) is 73.9 Å². The van der Waals surface area contributed by atoms with Crippen molar-refractivity contribution in [2.75, 3.05) is 0 Å². The van der Waals surface area contributed by atoms with Gasteiger partial charge in [-0.15, -0.1) is 24.8 Å². The number of carbonyl (C=O) groups excluding carboxylic acids is 2. The van der Waals surface area contributed by atoms with Crippen molar-refractivity contribution in [3.05, 3.63) is 71.3 Å². The Kier molecular flexibility index (Phi) is 14.1. The number of nitrogens with two attached hydrogens (primary N) is 1. The molecule has 3 rings (SSSR count). The van der Waals surface area contributed by atoms with Gasteiger partial charge in [0.05, 0.1) is 6.04 Å². The molecular weight excluding hydrogens is 497 g/mol. The summed E-state index contributed by atoms with van der Waals surface area (Å²) in [4.78, 5) is 25.8. The molecule has 1 aliphatic carbocycles. The molecule has 2 atom stereocenters. The highest BCUT2D eigenvalue weighted by Crippen LogP contribution is 2.19. The van der Waals surface area contributed by atoms with Crippen LogP contribution in [0, 0.1) is 5.41 Å². The molecular formula is C27H39Cl2N5O2. The molecule has 1 aliphatic rings. The number of nitrogens with one attached hydrogen (secondary N) is 4. The Bertz CT molecular complexity index is 950. The van der Waals surface area contributed by atoms with Crippen molar-refractivity contribution in [1.82, 2.24) is 16.0 Å². The molecule has 0 aliphatic heterocycles. The average Bonchev–Trinajstić information content (AvgIpc) is 2.86. The summed E-state index contributed by atoms with van der Waals surface area (Å²) in [6.45, 7) is 2.05. The molecule has 0 spiro atoms. The first kappa shape index (κ1) is 31.4. The zero-order valence-corrected chi connectivity index (χ0v) is 22.4. The molecule has 2 aromatic carbocycles. The Morgan fingerprint density at radius 3 is 2.19 bits per heavy atom. The third-order valence-corrected chi connectivity index (χ3v) is 6.41. The van der Waals surface area contributed by atoms with Gasteiger partial charge in [0.1, 0.15) is 11.9 Å². The molecule has 1 fully saturated rings. The van der Waals surface area contributed by atoms with E-state index in [1.165, 1.54) is 24.8 Å². The lowest BCUT2D eigenvalue weighted by atomic mass is 9.94. The summed E-state index contributed by atoms with van der Waals surface area (Å²) in [5.74, 6) is -0.353. The molecule has 2 amide bonds. The monoisotopic (exact) mass is 535 g/mol. The van der Waals surface area contributed by atoms with Crippen molar-refractivity contribution in [3.63, 3.8) is 0 Å². The number of rotatable bonds is 11. The van der Waals surface area contributed by atoms with Crippen molar-refractivity contribution in [2.24, 2.45) is 5.73 Å². The number of nitrogen functional groups attached to an aromatic ring is 1. The van der Waals surface area contributed by atoms with Gasteiger partial charge in [0.25, 0.3) is 0 Å². The molecule has 0 unspecified atom stereocenters. The average molecular weight is 537 g/mol. The molecule has 7 nitrogen and oxygen atoms in total. The van der Waals surface area contributed by atoms with Crippen LogP contribution in [0.2, 0.25) is 0 Å². The predicted octanol–water partition coefficient (Wildman–Crippen LogP) is 3.86. The fourth-order valence-corrected chi connectivity index (χ4v) is 4.32. The third kappa shape index (κ3) is 10.2. The van der Waals surface area contributed by atoms with Gasteiger partial charge in [0.2, 0.25) is 11.8 Å². The van der Waals surface area contributed by atoms with E-state index in [1.54, 1.807) is 19.1 Å². The van der Waals surface area contributed by atoms with Crippen LogP contribution in [0.3, 0.4) is 0 Å². The van der Waals surface area contributed by atoms with E-state index in [4.69, 9.17) is 11.1 Å². The topological polar surface area (TPSA) is 120 Å². The number of benzene rings is 2. The van der Waals surface area contributed by atoms with Crippen molar-refractivity contribution in [1.29, 1.82) is 5.41 Å². The van der Waals surface area contributed by atoms with Crippen molar-refractivity contribution >= 4 is 42.5 Å². The first-order chi connectivity index (χ1) is 16.4. The summed E-state index contributed by atoms with van der Waals surface area (Å²) >= 11 is 0. The molecule has 0 bridgehead atoms. The van der Waals surface area contributed by atoms with Crippen LogP contribution in [0.4, 0.5) is 0 Å². The Hall–Kier alpha value is -2.61. The van der Waals surface area contributed by atoms with Crippen LogP contribution < -0.4 is 21.7 Å². The smallest absolute Gasteiger partial charge is 0.242 e. The van der Waals surface area contributed by atoms with E-state index < -0.39 is 6.04 Å². The van der Waals surface area contributed by atoms with Crippen LogP contribution in [-0.4, -0.2) is 35.8 Å². The number of aryl methyl sites for hydroxylation is 1. The highest BCUT2D eigenvalue weighted by Gasteiger charge is 2.26. The van der Waals surface area contributed by atoms with Crippen LogP contribution >= 0.6 is 24.8 Å². The maximum Gasteiger partial charge on any atom is 0.242 e. The van der Waals surface area contributed by atoms with Gasteiger partial charge in [-0.3, -0.25) is 15.0 Å². The summed E-state index contributed by atoms with van der Waals surface area (Å²) in [7, 11) is 0. The Labute approximate surface area is 226 Å². The van der Waals surface area contributed by atoms with E-state index in [0.29, 0.717) is 24.6 Å². The standard InChI is InChI=1S/C27H37N5O2.2ClH/c1-19(26(33)30-18-21-12-15-22(16-13-21)25(28)29)31-27(34)24(32-23-10-6-3-7-11-23)17-14-20-8-4-2-5-9-20;;/h2,4-5,8-9,12-13,15-16,19,23-24,32H,3,6-7,10-11,14,17-18H2,1H3,(H3,28,29)(H,30,33)(H,31,34);2*1H/t19-,24+;;/m0../s1. The van der Waals surface area contributed by atoms with Gasteiger partial charge in [-0.05, 0) is 43.7 Å². The molecule has 9 heteroatoms. The lowest BCUT2D eigenvalue weighted by molar-refractivity contribution is -0.130. The molecule has 0 radical (unpaired) electrons. The first-order valence-electron chi connectivity index (χ1n) is 12.2. The van der Waals surface area contributed by atoms with Crippen molar-refractivity contribution < 1.29 is 9.59 Å². The van der Waals surface area contributed by atoms with Crippen LogP contribution in [0.25, 0.3) is 0 Å². The normalized spacial score (nSPS) is 14.9. The molecule has 0 saturated heterocycles. The Morgan fingerprint density at radius 2 is 1.58 bits per heavy atom. The van der Waals surface area contributed by atoms with Crippen LogP contribution in [0.1, 0.15) is 62.1 Å². The predicted molar refractivity (Wildman–Crippen MR) is 150 cm³/mol. The maximum atomic E-state index is 13.1. The molecule has 0 heterocycles. The quantitative estimate of drug-likeness (QED) is 0.221. The molecule has 6 N–H and O–H groups in total. The van der Waals surface area contributed by atoms with E-state index in [2.05, 4.69) is 28.1 Å². The fraction of sp³-hybridized carbons (Fsp3) is 0.444. The first-order valence-corrected chi connectivity index (χ1v) is 12.2. The van der Waals surface area contributed by atoms with E-state index in [-0.39, 0.29) is 48.5 Å². The van der Waals surface area contributed by atoms with Crippen LogP contribution in [0.15, 0.2) is 54.6 Å². The third-order valence-electron chi connectivity index (χ3n) is 6.41. The summed E-state index contributed by atoms with van der Waals surface area (Å²) in [5.41, 5.74) is 8.22. The summed E-state index contributed by atoms with van der Waals surface area (Å²) < 4.78 is 0. The van der Waals surface area contributed by atoms with E-state index in [1.807, 2.05) is 30.3 Å². The molecule has 1 saturated carbocycles. The maximum absolute atomic E-state index is 13.1. The second-order valence-electron chi connectivity index (χ2n) is 9.14. The number of hydrogen-bond acceptors (Lipinski definition) is 4. The number of carbonyl (C=O) groups is 2. The second-order valence-corrected chi connectivity index (χ2v) is 9.14. The number of amides is 2. The zero-order chi connectivity index (χ0) is 24.3. The highest BCUT2D eigenvalue weighted by molar-refractivity contribution is 5.95. The summed E-state index contributed by atoms with van der Waals surface area (Å²) in [5, 5.41) is 16.8. The van der Waals surface area contributed by atoms with E-state index >= 15 is 0 Å². The van der Waals surface area contributed by atoms with Gasteiger partial charge in [-0.2, -0.15) is 0 Å². The van der Waals surface area contributed by atoms with Gasteiger partial charge >= 0.3 is 0 Å². The van der Waals surface area contributed by atoms with Gasteiger partial charge in [-0.25, -0.2) is 0 Å².